The van der Waals surface area contributed by atoms with Crippen LogP contribution in [0.25, 0.3) is 0 Å². The Morgan fingerprint density at radius 1 is 0.294 bits per heavy atom. The molecule has 0 aliphatic carbocycles. The normalized spacial score (nSPS) is 16.9. The van der Waals surface area contributed by atoms with Crippen molar-refractivity contribution >= 4 is 45.3 Å². The van der Waals surface area contributed by atoms with Crippen LogP contribution in [0, 0.1) is 0 Å². The van der Waals surface area contributed by atoms with Gasteiger partial charge >= 0.3 is 38.0 Å². The van der Waals surface area contributed by atoms with Gasteiger partial charge in [0.05, 0.1) is 101 Å². The highest BCUT2D eigenvalue weighted by Gasteiger charge is 2.51. The first-order valence-corrected chi connectivity index (χ1v) is 36.1. The first kappa shape index (κ1) is 68.9. The van der Waals surface area contributed by atoms with Crippen molar-refractivity contribution in [2.45, 2.75) is 214 Å². The Hall–Kier alpha value is 0.940. The average Bonchev–Trinajstić information content (AvgIpc) is 3.26. The molecule has 0 spiro atoms. The van der Waals surface area contributed by atoms with E-state index in [-0.39, 0.29) is 78.1 Å². The van der Waals surface area contributed by atoms with Crippen molar-refractivity contribution in [2.24, 2.45) is 0 Å². The molecule has 0 heterocycles. The van der Waals surface area contributed by atoms with Crippen LogP contribution in [0.3, 0.4) is 0 Å². The molecule has 0 fully saturated rings. The van der Waals surface area contributed by atoms with E-state index in [1.165, 1.54) is 0 Å². The molecule has 17 nitrogen and oxygen atoms in total. The SMILES string of the molecule is CCOP(C)(=O)C(C)CCCCC(C(CCCC(CCCCCCC(C(CC)P(=O)(OCC)OCC)P(=O)(OCC)OCC)P(=O)(OCC)OCC)P(=O)(OCC)OCC)P(=O)(OCC)OCC. The lowest BCUT2D eigenvalue weighted by atomic mass is 10.0. The molecule has 0 rings (SSSR count). The van der Waals surface area contributed by atoms with Crippen LogP contribution in [-0.2, 0) is 77.2 Å². The Labute approximate surface area is 414 Å². The van der Waals surface area contributed by atoms with Gasteiger partial charge in [-0.1, -0.05) is 58.8 Å². The topological polar surface area (TPSA) is 204 Å². The van der Waals surface area contributed by atoms with E-state index in [0.29, 0.717) is 77.2 Å². The summed E-state index contributed by atoms with van der Waals surface area (Å²) in [5.74, 6) is 0. The first-order valence-electron chi connectivity index (χ1n) is 25.9. The molecule has 68 heavy (non-hydrogen) atoms. The molecule has 23 heteroatoms. The molecule has 0 saturated heterocycles. The van der Waals surface area contributed by atoms with Crippen LogP contribution in [0.15, 0.2) is 0 Å². The van der Waals surface area contributed by atoms with Crippen molar-refractivity contribution in [3.05, 3.63) is 0 Å². The fourth-order valence-corrected chi connectivity index (χ4v) is 23.5. The van der Waals surface area contributed by atoms with Gasteiger partial charge in [-0.3, -0.25) is 27.4 Å². The van der Waals surface area contributed by atoms with E-state index in [1.807, 2.05) is 20.8 Å². The van der Waals surface area contributed by atoms with Gasteiger partial charge in [0, 0.05) is 12.3 Å². The molecular formula is C45H98O17P6. The molecule has 0 aromatic heterocycles. The Kier molecular flexibility index (Phi) is 37.3. The number of unbranched alkanes of at least 4 members (excludes halogenated alkanes) is 4. The highest BCUT2D eigenvalue weighted by molar-refractivity contribution is 7.60. The third-order valence-corrected chi connectivity index (χ3v) is 28.4. The highest BCUT2D eigenvalue weighted by Crippen LogP contribution is 2.68. The fraction of sp³-hybridized carbons (Fsp3) is 1.00. The Balaban J connectivity index is 6.80. The second-order valence-corrected chi connectivity index (χ2v) is 30.9. The Morgan fingerprint density at radius 3 is 0.882 bits per heavy atom. The second-order valence-electron chi connectivity index (χ2n) is 16.6. The van der Waals surface area contributed by atoms with Crippen LogP contribution < -0.4 is 0 Å². The number of rotatable bonds is 47. The second kappa shape index (κ2) is 36.8. The first-order chi connectivity index (χ1) is 32.2. The van der Waals surface area contributed by atoms with E-state index in [0.717, 1.165) is 12.8 Å². The van der Waals surface area contributed by atoms with Gasteiger partial charge in [0.25, 0.3) is 0 Å². The summed E-state index contributed by atoms with van der Waals surface area (Å²) in [5.41, 5.74) is -3.88. The molecule has 0 N–H and O–H groups in total. The number of hydrogen-bond donors (Lipinski definition) is 0. The van der Waals surface area contributed by atoms with E-state index in [2.05, 4.69) is 0 Å². The van der Waals surface area contributed by atoms with Crippen LogP contribution in [0.2, 0.25) is 0 Å². The summed E-state index contributed by atoms with van der Waals surface area (Å²) < 4.78 is 151. The van der Waals surface area contributed by atoms with Gasteiger partial charge < -0.3 is 49.8 Å². The van der Waals surface area contributed by atoms with E-state index < -0.39 is 73.6 Å². The van der Waals surface area contributed by atoms with Crippen LogP contribution in [0.5, 0.6) is 0 Å². The van der Waals surface area contributed by atoms with Gasteiger partial charge in [0.1, 0.15) is 0 Å². The van der Waals surface area contributed by atoms with Gasteiger partial charge in [0.15, 0.2) is 0 Å². The Bertz CT molecular complexity index is 1550. The molecule has 0 aliphatic rings. The van der Waals surface area contributed by atoms with Crippen LogP contribution >= 0.6 is 45.3 Å². The van der Waals surface area contributed by atoms with Gasteiger partial charge in [-0.15, -0.1) is 0 Å². The van der Waals surface area contributed by atoms with Gasteiger partial charge in [0.2, 0.25) is 7.37 Å². The maximum atomic E-state index is 15.0. The summed E-state index contributed by atoms with van der Waals surface area (Å²) in [6.07, 6.45) is 7.18. The lowest BCUT2D eigenvalue weighted by molar-refractivity contribution is 0.189. The lowest BCUT2D eigenvalue weighted by Gasteiger charge is -2.36. The highest BCUT2D eigenvalue weighted by atomic mass is 31.2. The van der Waals surface area contributed by atoms with Crippen LogP contribution in [-0.4, -0.2) is 113 Å². The van der Waals surface area contributed by atoms with Gasteiger partial charge in [-0.25, -0.2) is 0 Å². The maximum absolute atomic E-state index is 15.0. The van der Waals surface area contributed by atoms with Crippen LogP contribution in [0.4, 0.5) is 0 Å². The summed E-state index contributed by atoms with van der Waals surface area (Å²) in [6, 6.07) is 0. The average molecular weight is 1100 g/mol. The Morgan fingerprint density at radius 2 is 0.544 bits per heavy atom. The minimum absolute atomic E-state index is 0.0916. The van der Waals surface area contributed by atoms with Gasteiger partial charge in [-0.05, 0) is 121 Å². The fourth-order valence-electron chi connectivity index (χ4n) is 8.87. The predicted molar refractivity (Wildman–Crippen MR) is 278 cm³/mol. The summed E-state index contributed by atoms with van der Waals surface area (Å²) >= 11 is 0. The third kappa shape index (κ3) is 22.8. The summed E-state index contributed by atoms with van der Waals surface area (Å²) in [4.78, 5) is 0. The van der Waals surface area contributed by atoms with Crippen molar-refractivity contribution in [1.29, 1.82) is 0 Å². The van der Waals surface area contributed by atoms with Crippen molar-refractivity contribution < 1.29 is 77.2 Å². The largest absolute Gasteiger partial charge is 0.334 e. The molecule has 0 radical (unpaired) electrons. The molecule has 7 atom stereocenters. The molecule has 410 valence electrons. The van der Waals surface area contributed by atoms with Crippen molar-refractivity contribution in [3.8, 4) is 0 Å². The third-order valence-electron chi connectivity index (χ3n) is 11.9. The zero-order valence-electron chi connectivity index (χ0n) is 44.8. The lowest BCUT2D eigenvalue weighted by Crippen LogP contribution is -2.31. The van der Waals surface area contributed by atoms with Crippen molar-refractivity contribution in [1.82, 2.24) is 0 Å². The molecule has 0 bridgehead atoms. The van der Waals surface area contributed by atoms with E-state index in [1.54, 1.807) is 75.9 Å². The minimum Gasteiger partial charge on any atom is -0.329 e. The van der Waals surface area contributed by atoms with Gasteiger partial charge in [-0.2, -0.15) is 0 Å². The minimum atomic E-state index is -3.95. The molecule has 0 aromatic carbocycles. The predicted octanol–water partition coefficient (Wildman–Crippen LogP) is 16.0. The molecular weight excluding hydrogens is 998 g/mol. The van der Waals surface area contributed by atoms with Crippen molar-refractivity contribution in [3.63, 3.8) is 0 Å². The quantitative estimate of drug-likeness (QED) is 0.0410. The zero-order chi connectivity index (χ0) is 51.9. The zero-order valence-corrected chi connectivity index (χ0v) is 50.1. The monoisotopic (exact) mass is 1100 g/mol. The summed E-state index contributed by atoms with van der Waals surface area (Å²) in [7, 11) is -21.7. The van der Waals surface area contributed by atoms with E-state index in [4.69, 9.17) is 49.8 Å². The maximum Gasteiger partial charge on any atom is 0.334 e. The molecule has 0 aromatic rings. The molecule has 0 saturated carbocycles. The summed E-state index contributed by atoms with van der Waals surface area (Å²) in [5, 5.41) is 0. The molecule has 7 unspecified atom stereocenters. The summed E-state index contributed by atoms with van der Waals surface area (Å²) in [6.45, 7) is 26.6. The van der Waals surface area contributed by atoms with Crippen molar-refractivity contribution in [2.75, 3.05) is 79.3 Å². The standard InChI is InChI=1S/C45H98O17P6/c1-15-42(65(48,55-19-5)56-20-6)43(66(49,57-21-7)58-22-8)37-30-28-27-29-35-41(64(47,53-17-3)54-18-4)36-33-39-45(68(51,61-25-11)62-26-12)44(67(50,59-23-9)60-24-10)38-32-31-34-40(13)63(14,46)52-16-2/h40-45H,15-39H2,1-14H3. The smallest absolute Gasteiger partial charge is 0.329 e. The molecule has 0 amide bonds. The van der Waals surface area contributed by atoms with Crippen LogP contribution in [0.1, 0.15) is 180 Å². The molecule has 0 aliphatic heterocycles. The van der Waals surface area contributed by atoms with E-state index in [9.17, 15) is 27.4 Å². The van der Waals surface area contributed by atoms with E-state index >= 15 is 0 Å². The number of hydrogen-bond acceptors (Lipinski definition) is 17.